The second-order valence-electron chi connectivity index (χ2n) is 7.35. The quantitative estimate of drug-likeness (QED) is 0.689. The lowest BCUT2D eigenvalue weighted by atomic mass is 10.0. The molecule has 0 unspecified atom stereocenters. The first kappa shape index (κ1) is 20.7. The summed E-state index contributed by atoms with van der Waals surface area (Å²) in [5, 5.41) is 20.9. The molecule has 9 heteroatoms. The molecule has 2 atom stereocenters. The van der Waals surface area contributed by atoms with Gasteiger partial charge >= 0.3 is 6.09 Å². The Balaban J connectivity index is 1.84. The van der Waals surface area contributed by atoms with Gasteiger partial charge in [0.05, 0.1) is 28.5 Å². The molecule has 3 N–H and O–H groups in total. The van der Waals surface area contributed by atoms with Gasteiger partial charge < -0.3 is 20.3 Å². The number of amides is 2. The molecule has 1 aliphatic rings. The highest BCUT2D eigenvalue weighted by molar-refractivity contribution is 6.31. The SMILES string of the molecule is CC(C)[C@H](NC(=O)O)C(=O)N1CCC[C@H]1c1ncc(-c2ccc(Cl)c(C#N)c2)[nH]1. The number of hydrogen-bond acceptors (Lipinski definition) is 4. The fraction of sp³-hybridized carbons (Fsp3) is 0.400. The number of carbonyl (C=O) groups is 2. The summed E-state index contributed by atoms with van der Waals surface area (Å²) in [5.41, 5.74) is 1.86. The minimum absolute atomic E-state index is 0.175. The van der Waals surface area contributed by atoms with Gasteiger partial charge in [0.25, 0.3) is 0 Å². The zero-order valence-electron chi connectivity index (χ0n) is 16.1. The number of aromatic nitrogens is 2. The topological polar surface area (TPSA) is 122 Å². The van der Waals surface area contributed by atoms with Crippen LogP contribution in [0.4, 0.5) is 4.79 Å². The number of nitrogens with one attached hydrogen (secondary N) is 2. The molecule has 0 spiro atoms. The molecule has 2 aromatic rings. The minimum Gasteiger partial charge on any atom is -0.465 e. The molecule has 1 aromatic carbocycles. The third kappa shape index (κ3) is 4.35. The fourth-order valence-corrected chi connectivity index (χ4v) is 3.73. The van der Waals surface area contributed by atoms with Gasteiger partial charge in [-0.2, -0.15) is 5.26 Å². The van der Waals surface area contributed by atoms with Crippen LogP contribution >= 0.6 is 11.6 Å². The maximum Gasteiger partial charge on any atom is 0.405 e. The number of halogens is 1. The maximum atomic E-state index is 13.0. The van der Waals surface area contributed by atoms with Crippen molar-refractivity contribution in [2.24, 2.45) is 5.92 Å². The molecule has 1 fully saturated rings. The first-order valence-corrected chi connectivity index (χ1v) is 9.74. The molecular weight excluding hydrogens is 394 g/mol. The van der Waals surface area contributed by atoms with E-state index in [-0.39, 0.29) is 17.9 Å². The van der Waals surface area contributed by atoms with Gasteiger partial charge in [0.1, 0.15) is 17.9 Å². The van der Waals surface area contributed by atoms with E-state index < -0.39 is 12.1 Å². The minimum atomic E-state index is -1.22. The highest BCUT2D eigenvalue weighted by atomic mass is 35.5. The second kappa shape index (κ2) is 8.53. The van der Waals surface area contributed by atoms with Crippen molar-refractivity contribution in [2.45, 2.75) is 38.8 Å². The van der Waals surface area contributed by atoms with Crippen LogP contribution in [0.3, 0.4) is 0 Å². The molecule has 8 nitrogen and oxygen atoms in total. The number of nitrogens with zero attached hydrogens (tertiary/aromatic N) is 3. The van der Waals surface area contributed by atoms with Crippen LogP contribution in [-0.2, 0) is 4.79 Å². The Morgan fingerprint density at radius 1 is 1.45 bits per heavy atom. The Bertz CT molecular complexity index is 965. The standard InChI is InChI=1S/C20H22ClN5O3/c1-11(2)17(25-20(28)29)19(27)26-7-3-4-16(26)18-23-10-15(24-18)12-5-6-14(21)13(8-12)9-22/h5-6,8,10-11,16-17,25H,3-4,7H2,1-2H3,(H,23,24)(H,28,29)/t16-,17-/m0/s1. The van der Waals surface area contributed by atoms with Crippen molar-refractivity contribution in [3.63, 3.8) is 0 Å². The molecular formula is C20H22ClN5O3. The summed E-state index contributed by atoms with van der Waals surface area (Å²) in [6.07, 6.45) is 1.99. The average molecular weight is 416 g/mol. The number of aromatic amines is 1. The van der Waals surface area contributed by atoms with E-state index in [9.17, 15) is 14.9 Å². The van der Waals surface area contributed by atoms with E-state index in [1.165, 1.54) is 0 Å². The zero-order chi connectivity index (χ0) is 21.1. The number of likely N-dealkylation sites (tertiary alicyclic amines) is 1. The van der Waals surface area contributed by atoms with Crippen molar-refractivity contribution >= 4 is 23.6 Å². The van der Waals surface area contributed by atoms with Gasteiger partial charge in [0.15, 0.2) is 0 Å². The lowest BCUT2D eigenvalue weighted by Gasteiger charge is -2.29. The van der Waals surface area contributed by atoms with Crippen molar-refractivity contribution in [3.8, 4) is 17.3 Å². The number of carboxylic acid groups (broad SMARTS) is 1. The lowest BCUT2D eigenvalue weighted by Crippen LogP contribution is -2.50. The Morgan fingerprint density at radius 3 is 2.86 bits per heavy atom. The maximum absolute atomic E-state index is 13.0. The molecule has 29 heavy (non-hydrogen) atoms. The molecule has 0 radical (unpaired) electrons. The number of nitriles is 1. The van der Waals surface area contributed by atoms with E-state index in [1.54, 1.807) is 29.3 Å². The van der Waals surface area contributed by atoms with Gasteiger partial charge in [0, 0.05) is 12.1 Å². The smallest absolute Gasteiger partial charge is 0.405 e. The van der Waals surface area contributed by atoms with Crippen molar-refractivity contribution < 1.29 is 14.7 Å². The normalized spacial score (nSPS) is 17.2. The molecule has 1 saturated heterocycles. The Kier molecular flexibility index (Phi) is 6.09. The lowest BCUT2D eigenvalue weighted by molar-refractivity contribution is -0.135. The summed E-state index contributed by atoms with van der Waals surface area (Å²) in [7, 11) is 0. The molecule has 0 bridgehead atoms. The van der Waals surface area contributed by atoms with Crippen LogP contribution in [0, 0.1) is 17.2 Å². The molecule has 3 rings (SSSR count). The summed E-state index contributed by atoms with van der Waals surface area (Å²) in [4.78, 5) is 33.5. The summed E-state index contributed by atoms with van der Waals surface area (Å²) in [6, 6.07) is 6.13. The number of H-pyrrole nitrogens is 1. The fourth-order valence-electron chi connectivity index (χ4n) is 3.57. The monoisotopic (exact) mass is 415 g/mol. The second-order valence-corrected chi connectivity index (χ2v) is 7.76. The first-order valence-electron chi connectivity index (χ1n) is 9.36. The third-order valence-electron chi connectivity index (χ3n) is 5.06. The van der Waals surface area contributed by atoms with Gasteiger partial charge in [0.2, 0.25) is 5.91 Å². The van der Waals surface area contributed by atoms with E-state index in [0.717, 1.165) is 24.1 Å². The number of imidazole rings is 1. The zero-order valence-corrected chi connectivity index (χ0v) is 16.9. The van der Waals surface area contributed by atoms with Crippen LogP contribution < -0.4 is 5.32 Å². The van der Waals surface area contributed by atoms with Crippen molar-refractivity contribution in [3.05, 3.63) is 40.8 Å². The highest BCUT2D eigenvalue weighted by Gasteiger charge is 2.37. The van der Waals surface area contributed by atoms with Crippen molar-refractivity contribution in [1.29, 1.82) is 5.26 Å². The molecule has 2 amide bonds. The van der Waals surface area contributed by atoms with Crippen LogP contribution in [0.2, 0.25) is 5.02 Å². The van der Waals surface area contributed by atoms with Crippen LogP contribution in [0.15, 0.2) is 24.4 Å². The molecule has 1 aromatic heterocycles. The molecule has 2 heterocycles. The van der Waals surface area contributed by atoms with Crippen LogP contribution in [0.25, 0.3) is 11.3 Å². The highest BCUT2D eigenvalue weighted by Crippen LogP contribution is 2.33. The van der Waals surface area contributed by atoms with Gasteiger partial charge in [-0.05, 0) is 30.9 Å². The van der Waals surface area contributed by atoms with E-state index in [0.29, 0.717) is 23.0 Å². The average Bonchev–Trinajstić information content (AvgIpc) is 3.34. The molecule has 152 valence electrons. The first-order chi connectivity index (χ1) is 13.8. The summed E-state index contributed by atoms with van der Waals surface area (Å²) < 4.78 is 0. The predicted molar refractivity (Wildman–Crippen MR) is 107 cm³/mol. The largest absolute Gasteiger partial charge is 0.465 e. The number of hydrogen-bond donors (Lipinski definition) is 3. The van der Waals surface area contributed by atoms with E-state index in [1.807, 2.05) is 13.8 Å². The Labute approximate surface area is 173 Å². The summed E-state index contributed by atoms with van der Waals surface area (Å²) in [5.74, 6) is 0.212. The van der Waals surface area contributed by atoms with E-state index in [2.05, 4.69) is 21.4 Å². The van der Waals surface area contributed by atoms with Gasteiger partial charge in [-0.1, -0.05) is 31.5 Å². The van der Waals surface area contributed by atoms with Gasteiger partial charge in [-0.25, -0.2) is 9.78 Å². The van der Waals surface area contributed by atoms with Crippen LogP contribution in [0.1, 0.15) is 44.1 Å². The van der Waals surface area contributed by atoms with Crippen LogP contribution in [0.5, 0.6) is 0 Å². The van der Waals surface area contributed by atoms with E-state index in [4.69, 9.17) is 16.7 Å². The third-order valence-corrected chi connectivity index (χ3v) is 5.39. The predicted octanol–water partition coefficient (Wildman–Crippen LogP) is 3.56. The summed E-state index contributed by atoms with van der Waals surface area (Å²) >= 11 is 6.00. The van der Waals surface area contributed by atoms with Crippen molar-refractivity contribution in [2.75, 3.05) is 6.54 Å². The number of rotatable bonds is 5. The van der Waals surface area contributed by atoms with E-state index >= 15 is 0 Å². The van der Waals surface area contributed by atoms with Crippen molar-refractivity contribution in [1.82, 2.24) is 20.2 Å². The van der Waals surface area contributed by atoms with Gasteiger partial charge in [-0.15, -0.1) is 0 Å². The Morgan fingerprint density at radius 2 is 2.21 bits per heavy atom. The van der Waals surface area contributed by atoms with Gasteiger partial charge in [-0.3, -0.25) is 4.79 Å². The molecule has 1 aliphatic heterocycles. The van der Waals surface area contributed by atoms with Crippen LogP contribution in [-0.4, -0.2) is 44.6 Å². The Hall–Kier alpha value is -3.05. The summed E-state index contributed by atoms with van der Waals surface area (Å²) in [6.45, 7) is 4.16. The molecule has 0 saturated carbocycles. The molecule has 0 aliphatic carbocycles. The number of carbonyl (C=O) groups excluding carboxylic acids is 1. The number of benzene rings is 1.